The van der Waals surface area contributed by atoms with E-state index in [1.54, 1.807) is 0 Å². The fourth-order valence-electron chi connectivity index (χ4n) is 7.13. The molecule has 39 heavy (non-hydrogen) atoms. The number of nitrogens with zero attached hydrogens (tertiary/aromatic N) is 2. The highest BCUT2D eigenvalue weighted by Crippen LogP contribution is 2.50. The maximum absolute atomic E-state index is 14.3. The summed E-state index contributed by atoms with van der Waals surface area (Å²) in [6.45, 7) is 13.6. The Kier molecular flexibility index (Phi) is 6.66. The molecule has 1 spiro atoms. The summed E-state index contributed by atoms with van der Waals surface area (Å²) >= 11 is 6.31. The lowest BCUT2D eigenvalue weighted by atomic mass is 9.72. The molecule has 0 amide bonds. The Hall–Kier alpha value is -2.64. The average molecular weight is 557 g/mol. The summed E-state index contributed by atoms with van der Waals surface area (Å²) in [5.74, 6) is 1.10. The second-order valence-corrected chi connectivity index (χ2v) is 12.3. The number of alkyl halides is 3. The average Bonchev–Trinajstić information content (AvgIpc) is 3.13. The molecule has 4 nitrogen and oxygen atoms in total. The molecule has 6 rings (SSSR count). The number of hydrogen-bond acceptors (Lipinski definition) is 4. The van der Waals surface area contributed by atoms with E-state index in [0.29, 0.717) is 30.4 Å². The summed E-state index contributed by atoms with van der Waals surface area (Å²) < 4.78 is 43.0. The molecular weight excluding hydrogens is 521 g/mol. The number of allylic oxidation sites excluding steroid dienone is 1. The molecule has 1 aliphatic carbocycles. The van der Waals surface area contributed by atoms with Crippen LogP contribution in [-0.2, 0) is 24.6 Å². The van der Waals surface area contributed by atoms with Crippen molar-refractivity contribution >= 4 is 23.0 Å². The first kappa shape index (κ1) is 26.6. The molecule has 208 valence electrons. The zero-order valence-corrected chi connectivity index (χ0v) is 23.2. The van der Waals surface area contributed by atoms with Crippen LogP contribution in [0.2, 0.25) is 5.02 Å². The van der Waals surface area contributed by atoms with Crippen molar-refractivity contribution in [2.75, 3.05) is 29.9 Å². The van der Waals surface area contributed by atoms with Crippen LogP contribution in [0.5, 0.6) is 0 Å². The van der Waals surface area contributed by atoms with Crippen molar-refractivity contribution in [3.8, 4) is 0 Å². The van der Waals surface area contributed by atoms with Gasteiger partial charge in [0.1, 0.15) is 0 Å². The summed E-state index contributed by atoms with van der Waals surface area (Å²) in [7, 11) is 0. The summed E-state index contributed by atoms with van der Waals surface area (Å²) in [6, 6.07) is 9.41. The second-order valence-electron chi connectivity index (χ2n) is 11.9. The third-order valence-corrected chi connectivity index (χ3v) is 9.53. The van der Waals surface area contributed by atoms with Crippen LogP contribution in [0.15, 0.2) is 55.0 Å². The summed E-state index contributed by atoms with van der Waals surface area (Å²) in [6.07, 6.45) is 0.698. The molecule has 0 radical (unpaired) electrons. The number of piperidine rings is 1. The van der Waals surface area contributed by atoms with E-state index in [0.717, 1.165) is 79.3 Å². The molecule has 0 unspecified atom stereocenters. The van der Waals surface area contributed by atoms with Crippen LogP contribution in [0, 0.1) is 5.92 Å². The molecule has 3 aliphatic heterocycles. The number of anilines is 2. The SMILES string of the molecule is C=C1NCc2cc(CCCN3CCC4(CC3)C(=C)Nc3ccc(Cl)cc34)cc(C(F)(F)F)c2N1C1CC(C)C1. The van der Waals surface area contributed by atoms with Gasteiger partial charge >= 0.3 is 6.18 Å². The lowest BCUT2D eigenvalue weighted by molar-refractivity contribution is -0.137. The number of nitrogens with one attached hydrogen (secondary N) is 2. The minimum absolute atomic E-state index is 0.0718. The van der Waals surface area contributed by atoms with Crippen LogP contribution >= 0.6 is 11.6 Å². The predicted molar refractivity (Wildman–Crippen MR) is 152 cm³/mol. The molecular formula is C31H36ClF3N4. The van der Waals surface area contributed by atoms with Crippen LogP contribution in [0.25, 0.3) is 0 Å². The minimum Gasteiger partial charge on any atom is -0.368 e. The van der Waals surface area contributed by atoms with Gasteiger partial charge in [0, 0.05) is 34.4 Å². The Morgan fingerprint density at radius 2 is 1.85 bits per heavy atom. The fourth-order valence-corrected chi connectivity index (χ4v) is 7.31. The van der Waals surface area contributed by atoms with E-state index in [2.05, 4.69) is 41.7 Å². The lowest BCUT2D eigenvalue weighted by Crippen LogP contribution is -2.49. The van der Waals surface area contributed by atoms with Crippen LogP contribution < -0.4 is 15.5 Å². The predicted octanol–water partition coefficient (Wildman–Crippen LogP) is 7.44. The van der Waals surface area contributed by atoms with Gasteiger partial charge in [-0.1, -0.05) is 37.7 Å². The van der Waals surface area contributed by atoms with E-state index in [9.17, 15) is 13.2 Å². The van der Waals surface area contributed by atoms with Gasteiger partial charge in [0.25, 0.3) is 0 Å². The monoisotopic (exact) mass is 556 g/mol. The number of halogens is 4. The normalized spacial score (nSPS) is 24.2. The molecule has 1 saturated heterocycles. The molecule has 3 heterocycles. The van der Waals surface area contributed by atoms with E-state index in [1.807, 2.05) is 23.1 Å². The Morgan fingerprint density at radius 1 is 1.10 bits per heavy atom. The van der Waals surface area contributed by atoms with Crippen molar-refractivity contribution in [2.24, 2.45) is 5.92 Å². The van der Waals surface area contributed by atoms with Gasteiger partial charge in [0.05, 0.1) is 17.1 Å². The summed E-state index contributed by atoms with van der Waals surface area (Å²) in [5, 5.41) is 7.43. The standard InChI is InChI=1S/C31H36ClF3N4/c1-19-13-25(14-19)39-21(3)36-18-23-15-22(16-27(29(23)39)31(33,34)35)5-4-10-38-11-8-30(9-12-38)20(2)37-28-7-6-24(32)17-26(28)30/h6-7,15-17,19,25,36-37H,2-5,8-14,18H2,1H3. The van der Waals surface area contributed by atoms with Crippen LogP contribution in [0.4, 0.5) is 24.5 Å². The second kappa shape index (κ2) is 9.77. The molecule has 0 atom stereocenters. The molecule has 2 fully saturated rings. The lowest BCUT2D eigenvalue weighted by Gasteiger charge is -2.47. The molecule has 2 aromatic rings. The quantitative estimate of drug-likeness (QED) is 0.400. The van der Waals surface area contributed by atoms with Gasteiger partial charge in [-0.2, -0.15) is 13.2 Å². The molecule has 1 saturated carbocycles. The molecule has 2 aromatic carbocycles. The highest BCUT2D eigenvalue weighted by atomic mass is 35.5. The van der Waals surface area contributed by atoms with Gasteiger partial charge in [-0.3, -0.25) is 0 Å². The van der Waals surface area contributed by atoms with E-state index < -0.39 is 11.7 Å². The first-order valence-electron chi connectivity index (χ1n) is 14.0. The van der Waals surface area contributed by atoms with Crippen molar-refractivity contribution in [3.05, 3.63) is 82.3 Å². The first-order valence-corrected chi connectivity index (χ1v) is 14.4. The van der Waals surface area contributed by atoms with Crippen LogP contribution in [-0.4, -0.2) is 30.6 Å². The molecule has 4 aliphatic rings. The first-order chi connectivity index (χ1) is 18.5. The summed E-state index contributed by atoms with van der Waals surface area (Å²) in [5.41, 5.74) is 4.51. The molecule has 2 N–H and O–H groups in total. The Balaban J connectivity index is 1.13. The third-order valence-electron chi connectivity index (χ3n) is 9.29. The maximum atomic E-state index is 14.3. The van der Waals surface area contributed by atoms with Crippen molar-refractivity contribution in [3.63, 3.8) is 0 Å². The van der Waals surface area contributed by atoms with E-state index in [4.69, 9.17) is 11.6 Å². The van der Waals surface area contributed by atoms with Crippen molar-refractivity contribution in [2.45, 2.75) is 69.6 Å². The highest BCUT2D eigenvalue weighted by molar-refractivity contribution is 6.30. The van der Waals surface area contributed by atoms with Crippen molar-refractivity contribution in [1.29, 1.82) is 0 Å². The van der Waals surface area contributed by atoms with Gasteiger partial charge < -0.3 is 20.4 Å². The number of likely N-dealkylation sites (tertiary alicyclic amines) is 1. The fraction of sp³-hybridized carbons (Fsp3) is 0.484. The highest BCUT2D eigenvalue weighted by Gasteiger charge is 2.45. The van der Waals surface area contributed by atoms with E-state index in [1.165, 1.54) is 11.6 Å². The smallest absolute Gasteiger partial charge is 0.368 e. The topological polar surface area (TPSA) is 30.5 Å². The number of fused-ring (bicyclic) bond motifs is 3. The van der Waals surface area contributed by atoms with Gasteiger partial charge in [-0.15, -0.1) is 0 Å². The zero-order chi connectivity index (χ0) is 27.5. The Morgan fingerprint density at radius 3 is 2.54 bits per heavy atom. The number of hydrogen-bond donors (Lipinski definition) is 2. The Labute approximate surface area is 233 Å². The van der Waals surface area contributed by atoms with Crippen LogP contribution in [0.1, 0.15) is 61.3 Å². The minimum atomic E-state index is -4.41. The van der Waals surface area contributed by atoms with E-state index in [-0.39, 0.29) is 11.5 Å². The third kappa shape index (κ3) is 4.71. The molecule has 0 bridgehead atoms. The maximum Gasteiger partial charge on any atom is 0.418 e. The number of benzene rings is 2. The van der Waals surface area contributed by atoms with Gasteiger partial charge in [-0.25, -0.2) is 0 Å². The number of rotatable bonds is 5. The molecule has 0 aromatic heterocycles. The van der Waals surface area contributed by atoms with Gasteiger partial charge in [0.15, 0.2) is 0 Å². The van der Waals surface area contributed by atoms with Gasteiger partial charge in [0.2, 0.25) is 0 Å². The van der Waals surface area contributed by atoms with E-state index >= 15 is 0 Å². The van der Waals surface area contributed by atoms with Crippen LogP contribution in [0.3, 0.4) is 0 Å². The Bertz CT molecular complexity index is 1310. The zero-order valence-electron chi connectivity index (χ0n) is 22.4. The van der Waals surface area contributed by atoms with Crippen molar-refractivity contribution in [1.82, 2.24) is 10.2 Å². The van der Waals surface area contributed by atoms with Crippen molar-refractivity contribution < 1.29 is 13.2 Å². The molecule has 8 heteroatoms. The number of aryl methyl sites for hydroxylation is 1. The largest absolute Gasteiger partial charge is 0.418 e. The summed E-state index contributed by atoms with van der Waals surface area (Å²) in [4.78, 5) is 4.24. The van der Waals surface area contributed by atoms with Gasteiger partial charge in [-0.05, 0) is 105 Å².